The highest BCUT2D eigenvalue weighted by atomic mass is 79.9. The fraction of sp³-hybridized carbons (Fsp3) is 0.292. The molecule has 8 nitrogen and oxygen atoms in total. The Kier molecular flexibility index (Phi) is 6.51. The van der Waals surface area contributed by atoms with Gasteiger partial charge in [0.1, 0.15) is 12.4 Å². The van der Waals surface area contributed by atoms with Crippen molar-refractivity contribution >= 4 is 51.4 Å². The molecule has 1 aromatic heterocycles. The number of aromatic nitrogens is 3. The number of hydrogen-bond acceptors (Lipinski definition) is 7. The van der Waals surface area contributed by atoms with Gasteiger partial charge in [0.05, 0.1) is 19.2 Å². The minimum atomic E-state index is -0.587. The van der Waals surface area contributed by atoms with Gasteiger partial charge in [-0.15, -0.1) is 5.10 Å². The number of rotatable bonds is 5. The maximum Gasteiger partial charge on any atom is 0.414 e. The monoisotopic (exact) mass is 541 g/mol. The summed E-state index contributed by atoms with van der Waals surface area (Å²) in [5.74, 6) is 1.79. The number of halogens is 1. The number of nitrogens with one attached hydrogen (secondary N) is 1. The van der Waals surface area contributed by atoms with Gasteiger partial charge < -0.3 is 9.47 Å². The number of amides is 1. The molecule has 2 aliphatic rings. The van der Waals surface area contributed by atoms with Gasteiger partial charge in [-0.2, -0.15) is 4.98 Å². The zero-order chi connectivity index (χ0) is 23.7. The minimum Gasteiger partial charge on any atom is -0.493 e. The van der Waals surface area contributed by atoms with Gasteiger partial charge in [0.25, 0.3) is 5.95 Å². The second-order valence-corrected chi connectivity index (χ2v) is 10.3. The summed E-state index contributed by atoms with van der Waals surface area (Å²) in [5, 5.41) is 7.20. The molecule has 0 bridgehead atoms. The number of hydrogen-bond donors (Lipinski definition) is 1. The summed E-state index contributed by atoms with van der Waals surface area (Å²) in [6.45, 7) is 5.55. The molecule has 0 saturated heterocycles. The molecule has 3 heterocycles. The van der Waals surface area contributed by atoms with E-state index in [0.717, 1.165) is 27.8 Å². The average Bonchev–Trinajstić information content (AvgIpc) is 3.39. The molecule has 0 aliphatic carbocycles. The number of benzene rings is 2. The van der Waals surface area contributed by atoms with E-state index < -0.39 is 6.09 Å². The minimum absolute atomic E-state index is 0.0611. The highest BCUT2D eigenvalue weighted by Crippen LogP contribution is 2.46. The number of anilines is 2. The summed E-state index contributed by atoms with van der Waals surface area (Å²) < 4.78 is 16.2. The van der Waals surface area contributed by atoms with Crippen molar-refractivity contribution in [2.24, 2.45) is 0 Å². The third-order valence-corrected chi connectivity index (χ3v) is 7.14. The average molecular weight is 542 g/mol. The van der Waals surface area contributed by atoms with E-state index in [-0.39, 0.29) is 18.6 Å². The molecule has 2 aliphatic heterocycles. The topological polar surface area (TPSA) is 81.5 Å². The van der Waals surface area contributed by atoms with E-state index in [1.54, 1.807) is 11.9 Å². The molecule has 10 heteroatoms. The van der Waals surface area contributed by atoms with Gasteiger partial charge in [-0.25, -0.2) is 9.48 Å². The molecule has 5 rings (SSSR count). The molecular formula is C24H24BrN5O3S. The van der Waals surface area contributed by atoms with E-state index in [2.05, 4.69) is 41.7 Å². The third kappa shape index (κ3) is 4.78. The van der Waals surface area contributed by atoms with E-state index in [4.69, 9.17) is 9.47 Å². The summed E-state index contributed by atoms with van der Waals surface area (Å²) in [4.78, 5) is 18.2. The molecule has 3 aromatic rings. The smallest absolute Gasteiger partial charge is 0.414 e. The molecule has 0 fully saturated rings. The lowest BCUT2D eigenvalue weighted by Crippen LogP contribution is -2.19. The molecule has 0 atom stereocenters. The predicted molar refractivity (Wildman–Crippen MR) is 137 cm³/mol. The third-order valence-electron chi connectivity index (χ3n) is 5.47. The van der Waals surface area contributed by atoms with Crippen LogP contribution in [0.25, 0.3) is 5.57 Å². The van der Waals surface area contributed by atoms with Crippen molar-refractivity contribution in [3.8, 4) is 5.75 Å². The van der Waals surface area contributed by atoms with Crippen LogP contribution < -0.4 is 14.4 Å². The normalized spacial score (nSPS) is 15.0. The van der Waals surface area contributed by atoms with E-state index in [1.807, 2.05) is 61.0 Å². The van der Waals surface area contributed by atoms with Crippen LogP contribution >= 0.6 is 27.9 Å². The highest BCUT2D eigenvalue weighted by molar-refractivity contribution is 9.10. The second-order valence-electron chi connectivity index (χ2n) is 8.23. The van der Waals surface area contributed by atoms with Gasteiger partial charge >= 0.3 is 6.09 Å². The van der Waals surface area contributed by atoms with Crippen molar-refractivity contribution in [3.63, 3.8) is 0 Å². The van der Waals surface area contributed by atoms with Crippen LogP contribution in [0.3, 0.4) is 0 Å². The molecule has 0 saturated carbocycles. The van der Waals surface area contributed by atoms with Crippen LogP contribution in [0.2, 0.25) is 0 Å². The number of nitrogens with zero attached hydrogens (tertiary/aromatic N) is 4. The summed E-state index contributed by atoms with van der Waals surface area (Å²) in [5.41, 5.74) is 3.25. The van der Waals surface area contributed by atoms with Crippen molar-refractivity contribution < 1.29 is 14.3 Å². The van der Waals surface area contributed by atoms with E-state index in [0.29, 0.717) is 19.1 Å². The van der Waals surface area contributed by atoms with Gasteiger partial charge in [0, 0.05) is 21.4 Å². The van der Waals surface area contributed by atoms with Crippen LogP contribution in [0.5, 0.6) is 5.75 Å². The van der Waals surface area contributed by atoms with Gasteiger partial charge in [0.15, 0.2) is 0 Å². The van der Waals surface area contributed by atoms with Crippen LogP contribution in [-0.4, -0.2) is 34.0 Å². The van der Waals surface area contributed by atoms with E-state index >= 15 is 0 Å². The second kappa shape index (κ2) is 9.71. The van der Waals surface area contributed by atoms with Gasteiger partial charge in [-0.3, -0.25) is 9.62 Å². The molecule has 1 amide bonds. The molecule has 34 heavy (non-hydrogen) atoms. The highest BCUT2D eigenvalue weighted by Gasteiger charge is 2.32. The maximum absolute atomic E-state index is 12.3. The predicted octanol–water partition coefficient (Wildman–Crippen LogP) is 6.03. The fourth-order valence-corrected chi connectivity index (χ4v) is 5.31. The van der Waals surface area contributed by atoms with Crippen molar-refractivity contribution in [3.05, 3.63) is 69.0 Å². The number of carbonyl (C=O) groups excluding carboxylic acids is 1. The first kappa shape index (κ1) is 22.8. The van der Waals surface area contributed by atoms with Crippen molar-refractivity contribution in [1.82, 2.24) is 14.8 Å². The van der Waals surface area contributed by atoms with Gasteiger partial charge in [0.2, 0.25) is 5.95 Å². The Balaban J connectivity index is 1.33. The first-order valence-corrected chi connectivity index (χ1v) is 12.6. The Morgan fingerprint density at radius 2 is 2.09 bits per heavy atom. The fourth-order valence-electron chi connectivity index (χ4n) is 3.85. The van der Waals surface area contributed by atoms with Crippen molar-refractivity contribution in [1.29, 1.82) is 0 Å². The van der Waals surface area contributed by atoms with Crippen LogP contribution in [0.1, 0.15) is 37.4 Å². The molecule has 0 radical (unpaired) electrons. The Morgan fingerprint density at radius 1 is 1.26 bits per heavy atom. The zero-order valence-electron chi connectivity index (χ0n) is 18.8. The first-order chi connectivity index (χ1) is 16.5. The molecule has 2 aromatic carbocycles. The lowest BCUT2D eigenvalue weighted by atomic mass is 10.0. The quantitative estimate of drug-likeness (QED) is 0.394. The summed E-state index contributed by atoms with van der Waals surface area (Å²) in [6, 6.07) is 15.7. The Morgan fingerprint density at radius 3 is 2.88 bits per heavy atom. The molecule has 0 spiro atoms. The summed E-state index contributed by atoms with van der Waals surface area (Å²) in [7, 11) is 0. The molecule has 176 valence electrons. The van der Waals surface area contributed by atoms with Crippen molar-refractivity contribution in [2.45, 2.75) is 32.9 Å². The van der Waals surface area contributed by atoms with E-state index in [1.165, 1.54) is 10.5 Å². The number of carbonyl (C=O) groups is 1. The lowest BCUT2D eigenvalue weighted by molar-refractivity contribution is 0.155. The molecule has 1 N–H and O–H groups in total. The maximum atomic E-state index is 12.3. The van der Waals surface area contributed by atoms with Gasteiger partial charge in [-0.05, 0) is 55.1 Å². The number of fused-ring (bicyclic) bond motifs is 2. The van der Waals surface area contributed by atoms with Gasteiger partial charge in [-0.1, -0.05) is 46.3 Å². The lowest BCUT2D eigenvalue weighted by Gasteiger charge is -2.19. The van der Waals surface area contributed by atoms with E-state index in [9.17, 15) is 4.79 Å². The molecular weight excluding hydrogens is 518 g/mol. The Labute approximate surface area is 210 Å². The first-order valence-electron chi connectivity index (χ1n) is 11.0. The zero-order valence-corrected chi connectivity index (χ0v) is 21.2. The van der Waals surface area contributed by atoms with Crippen LogP contribution in [-0.2, 0) is 11.3 Å². The van der Waals surface area contributed by atoms with Crippen LogP contribution in [0.4, 0.5) is 16.7 Å². The van der Waals surface area contributed by atoms with Crippen molar-refractivity contribution in [2.75, 3.05) is 22.8 Å². The standard InChI is InChI=1S/C24H24BrN5O3S/c1-15(2)30-23(26-22(28-30)27-24(31)33-14-16-6-4-3-5-7-16)29-13-19-18-9-8-17(25)12-20(18)32-11-10-21(19)34-29/h3-9,12,15H,10-11,13-14H2,1-2H3,(H,27,28,31). The summed E-state index contributed by atoms with van der Waals surface area (Å²) in [6.07, 6.45) is 0.242. The summed E-state index contributed by atoms with van der Waals surface area (Å²) >= 11 is 5.19. The van der Waals surface area contributed by atoms with Crippen LogP contribution in [0.15, 0.2) is 57.9 Å². The Hall–Kier alpha value is -2.98. The number of ether oxygens (including phenoxy) is 2. The van der Waals surface area contributed by atoms with Crippen LogP contribution in [0, 0.1) is 0 Å². The largest absolute Gasteiger partial charge is 0.493 e. The molecule has 0 unspecified atom stereocenters. The SMILES string of the molecule is CC(C)n1nc(NC(=O)OCc2ccccc2)nc1N1CC2=C(CCOc3cc(Br)ccc32)S1. The Bertz CT molecular complexity index is 1240.